The van der Waals surface area contributed by atoms with Gasteiger partial charge in [0.15, 0.2) is 0 Å². The fourth-order valence-electron chi connectivity index (χ4n) is 8.85. The number of nitrogens with one attached hydrogen (secondary N) is 1. The van der Waals surface area contributed by atoms with Crippen LogP contribution < -0.4 is 15.1 Å². The molecule has 0 saturated carbocycles. The minimum atomic E-state index is -1.39. The van der Waals surface area contributed by atoms with Crippen LogP contribution in [0.3, 0.4) is 0 Å². The zero-order valence-electron chi connectivity index (χ0n) is 32.7. The van der Waals surface area contributed by atoms with Crippen molar-refractivity contribution < 1.29 is 33.8 Å². The minimum absolute atomic E-state index is 0.119. The largest absolute Gasteiger partial charge is 0.463 e. The third kappa shape index (κ3) is 8.44. The summed E-state index contributed by atoms with van der Waals surface area (Å²) in [5, 5.41) is 14.1. The van der Waals surface area contributed by atoms with E-state index < -0.39 is 66.1 Å². The highest BCUT2D eigenvalue weighted by Crippen LogP contribution is 2.60. The van der Waals surface area contributed by atoms with Crippen LogP contribution in [0.4, 0.5) is 11.4 Å². The van der Waals surface area contributed by atoms with Gasteiger partial charge in [-0.15, -0.1) is 13.2 Å². The molecule has 302 valence electrons. The number of fused-ring (bicyclic) bond motifs is 1. The first-order chi connectivity index (χ1) is 27.6. The molecule has 2 N–H and O–H groups in total. The minimum Gasteiger partial charge on any atom is -0.463 e. The van der Waals surface area contributed by atoms with Gasteiger partial charge in [-0.1, -0.05) is 88.7 Å². The maximum atomic E-state index is 15.3. The molecular formula is C45H53BrN4O7. The number of esters is 1. The molecular weight excluding hydrogens is 788 g/mol. The van der Waals surface area contributed by atoms with Crippen molar-refractivity contribution >= 4 is 51.0 Å². The summed E-state index contributed by atoms with van der Waals surface area (Å²) >= 11 is 3.79. The molecule has 3 aliphatic rings. The molecule has 12 heteroatoms. The Morgan fingerprint density at radius 1 is 1.00 bits per heavy atom. The van der Waals surface area contributed by atoms with Crippen molar-refractivity contribution in [3.8, 4) is 0 Å². The number of anilines is 2. The van der Waals surface area contributed by atoms with Gasteiger partial charge in [0, 0.05) is 42.3 Å². The third-order valence-electron chi connectivity index (χ3n) is 11.5. The Balaban J connectivity index is 1.38. The van der Waals surface area contributed by atoms with Gasteiger partial charge < -0.3 is 34.6 Å². The average Bonchev–Trinajstić information content (AvgIpc) is 3.84. The Morgan fingerprint density at radius 2 is 1.65 bits per heavy atom. The lowest BCUT2D eigenvalue weighted by Crippen LogP contribution is -2.59. The standard InChI is InChI=1S/C45H53BrN4O7/c1-5-9-20-37(52)56-29-36(31-18-14-11-15-19-31)47-42(53)38-39-43(54)50(34(28-51)26-30-16-12-10-13-17-30)41(45(39)27-35(46)40(38)57-45)44(55)49(25-6-2)33-23-21-32(22-24-33)48(7-3)8-4/h5-6,10-19,21-24,34-36,38-41,51H,1-2,7-9,20,25-29H2,3-4H3,(H,47,53)/t34-,35?,36+,38-,39+,40-,41-,45+/m1/s1. The molecule has 8 atom stereocenters. The summed E-state index contributed by atoms with van der Waals surface area (Å²) in [6.07, 6.45) is 3.74. The van der Waals surface area contributed by atoms with Crippen LogP contribution in [-0.2, 0) is 35.1 Å². The number of benzene rings is 3. The Bertz CT molecular complexity index is 1890. The predicted octanol–water partition coefficient (Wildman–Crippen LogP) is 5.77. The quantitative estimate of drug-likeness (QED) is 0.0886. The van der Waals surface area contributed by atoms with E-state index in [9.17, 15) is 14.7 Å². The number of carbonyl (C=O) groups excluding carboxylic acids is 4. The Kier molecular flexibility index (Phi) is 13.7. The van der Waals surface area contributed by atoms with Crippen molar-refractivity contribution in [2.75, 3.05) is 42.6 Å². The molecule has 3 heterocycles. The van der Waals surface area contributed by atoms with Crippen LogP contribution in [0.25, 0.3) is 0 Å². The van der Waals surface area contributed by atoms with E-state index in [-0.39, 0.29) is 36.7 Å². The lowest BCUT2D eigenvalue weighted by Gasteiger charge is -2.39. The van der Waals surface area contributed by atoms with Crippen LogP contribution in [0.5, 0.6) is 0 Å². The fraction of sp³-hybridized carbons (Fsp3) is 0.422. The van der Waals surface area contributed by atoms with Crippen LogP contribution in [0.1, 0.15) is 50.3 Å². The van der Waals surface area contributed by atoms with Crippen molar-refractivity contribution in [2.45, 2.75) is 74.2 Å². The van der Waals surface area contributed by atoms with E-state index in [4.69, 9.17) is 9.47 Å². The number of likely N-dealkylation sites (tertiary alicyclic amines) is 1. The van der Waals surface area contributed by atoms with Crippen molar-refractivity contribution in [3.05, 3.63) is 121 Å². The lowest BCUT2D eigenvalue weighted by atomic mass is 9.70. The van der Waals surface area contributed by atoms with Gasteiger partial charge in [-0.05, 0) is 68.5 Å². The highest BCUT2D eigenvalue weighted by atomic mass is 79.9. The molecule has 0 aliphatic carbocycles. The number of halogens is 1. The number of rotatable bonds is 19. The van der Waals surface area contributed by atoms with E-state index in [1.165, 1.54) is 4.90 Å². The van der Waals surface area contributed by atoms with E-state index in [1.807, 2.05) is 84.9 Å². The summed E-state index contributed by atoms with van der Waals surface area (Å²) < 4.78 is 12.5. The SMILES string of the molecule is C=CCCC(=O)OC[C@H](NC(=O)[C@H]1[C@@H]2O[C@@]3(CC2Br)[C@@H]1C(=O)N([C@@H](CO)Cc1ccccc1)[C@@H]3C(=O)N(CC=C)c1ccc(N(CC)CC)cc1)c1ccccc1. The third-order valence-corrected chi connectivity index (χ3v) is 12.4. The van der Waals surface area contributed by atoms with E-state index >= 15 is 9.59 Å². The molecule has 3 aromatic carbocycles. The molecule has 3 aromatic rings. The van der Waals surface area contributed by atoms with Gasteiger partial charge in [0.2, 0.25) is 11.8 Å². The van der Waals surface area contributed by atoms with Crippen molar-refractivity contribution in [1.82, 2.24) is 10.2 Å². The first kappa shape index (κ1) is 41.8. The van der Waals surface area contributed by atoms with Gasteiger partial charge in [-0.3, -0.25) is 19.2 Å². The maximum absolute atomic E-state index is 15.3. The summed E-state index contributed by atoms with van der Waals surface area (Å²) in [5.41, 5.74) is 1.85. The van der Waals surface area contributed by atoms with E-state index in [1.54, 1.807) is 17.1 Å². The first-order valence-corrected chi connectivity index (χ1v) is 20.7. The number of hydrogen-bond acceptors (Lipinski definition) is 8. The first-order valence-electron chi connectivity index (χ1n) is 19.8. The van der Waals surface area contributed by atoms with Crippen molar-refractivity contribution in [2.24, 2.45) is 11.8 Å². The lowest BCUT2D eigenvalue weighted by molar-refractivity contribution is -0.146. The van der Waals surface area contributed by atoms with Crippen molar-refractivity contribution in [3.63, 3.8) is 0 Å². The number of nitrogens with zero attached hydrogens (tertiary/aromatic N) is 3. The fourth-order valence-corrected chi connectivity index (χ4v) is 9.79. The van der Waals surface area contributed by atoms with E-state index in [0.29, 0.717) is 18.5 Å². The van der Waals surface area contributed by atoms with Crippen LogP contribution >= 0.6 is 15.9 Å². The summed E-state index contributed by atoms with van der Waals surface area (Å²) in [6.45, 7) is 13.1. The number of aliphatic hydroxyl groups excluding tert-OH is 1. The van der Waals surface area contributed by atoms with Gasteiger partial charge in [-0.25, -0.2) is 0 Å². The predicted molar refractivity (Wildman–Crippen MR) is 224 cm³/mol. The number of alkyl halides is 1. The second kappa shape index (κ2) is 18.7. The molecule has 1 spiro atoms. The monoisotopic (exact) mass is 840 g/mol. The molecule has 3 saturated heterocycles. The smallest absolute Gasteiger partial charge is 0.306 e. The van der Waals surface area contributed by atoms with Gasteiger partial charge in [0.25, 0.3) is 5.91 Å². The summed E-state index contributed by atoms with van der Waals surface area (Å²) in [5.74, 6) is -3.70. The molecule has 57 heavy (non-hydrogen) atoms. The maximum Gasteiger partial charge on any atom is 0.306 e. The number of hydrogen-bond donors (Lipinski definition) is 2. The molecule has 1 unspecified atom stereocenters. The van der Waals surface area contributed by atoms with E-state index in [0.717, 1.165) is 29.9 Å². The highest BCUT2D eigenvalue weighted by Gasteiger charge is 2.77. The van der Waals surface area contributed by atoms with Gasteiger partial charge in [0.05, 0.1) is 36.6 Å². The molecule has 3 fully saturated rings. The van der Waals surface area contributed by atoms with E-state index in [2.05, 4.69) is 53.2 Å². The number of carbonyl (C=O) groups is 4. The zero-order valence-corrected chi connectivity index (χ0v) is 34.3. The highest BCUT2D eigenvalue weighted by molar-refractivity contribution is 9.09. The summed E-state index contributed by atoms with van der Waals surface area (Å²) in [4.78, 5) is 62.6. The van der Waals surface area contributed by atoms with Crippen LogP contribution in [-0.4, -0.2) is 95.2 Å². The van der Waals surface area contributed by atoms with Gasteiger partial charge >= 0.3 is 5.97 Å². The second-order valence-corrected chi connectivity index (χ2v) is 16.0. The number of allylic oxidation sites excluding steroid dienone is 1. The molecule has 0 radical (unpaired) electrons. The number of ether oxygens (including phenoxy) is 2. The summed E-state index contributed by atoms with van der Waals surface area (Å²) in [6, 6.07) is 23.8. The molecule has 2 bridgehead atoms. The van der Waals surface area contributed by atoms with Crippen LogP contribution in [0.15, 0.2) is 110 Å². The Hall–Kier alpha value is -4.78. The topological polar surface area (TPSA) is 129 Å². The molecule has 0 aromatic heterocycles. The zero-order chi connectivity index (χ0) is 40.7. The Labute approximate surface area is 343 Å². The Morgan fingerprint density at radius 3 is 2.26 bits per heavy atom. The number of aliphatic hydroxyl groups is 1. The van der Waals surface area contributed by atoms with Gasteiger partial charge in [-0.2, -0.15) is 0 Å². The molecule has 3 amide bonds. The number of amides is 3. The summed E-state index contributed by atoms with van der Waals surface area (Å²) in [7, 11) is 0. The molecule has 6 rings (SSSR count). The average molecular weight is 842 g/mol. The molecule has 3 aliphatic heterocycles. The molecule has 11 nitrogen and oxygen atoms in total. The van der Waals surface area contributed by atoms with Crippen molar-refractivity contribution in [1.29, 1.82) is 0 Å². The van der Waals surface area contributed by atoms with Crippen LogP contribution in [0, 0.1) is 11.8 Å². The normalized spacial score (nSPS) is 24.3. The second-order valence-electron chi connectivity index (χ2n) is 14.8. The van der Waals surface area contributed by atoms with Gasteiger partial charge in [0.1, 0.15) is 18.2 Å². The van der Waals surface area contributed by atoms with Crippen LogP contribution in [0.2, 0.25) is 0 Å².